The van der Waals surface area contributed by atoms with Gasteiger partial charge in [0.1, 0.15) is 40.0 Å². The smallest absolute Gasteiger partial charge is 0.411 e. The Morgan fingerprint density at radius 3 is 2.37 bits per heavy atom. The Hall–Kier alpha value is -5.09. The first-order valence-electron chi connectivity index (χ1n) is 20.6. The van der Waals surface area contributed by atoms with Gasteiger partial charge in [-0.05, 0) is 84.9 Å². The van der Waals surface area contributed by atoms with Gasteiger partial charge in [-0.2, -0.15) is 9.97 Å². The minimum absolute atomic E-state index is 0.0118. The van der Waals surface area contributed by atoms with Crippen LogP contribution in [-0.2, 0) is 19.0 Å². The van der Waals surface area contributed by atoms with Crippen LogP contribution in [0.5, 0.6) is 6.01 Å². The number of anilines is 2. The lowest BCUT2D eigenvalue weighted by Crippen LogP contribution is -2.57. The average molecular weight is 898 g/mol. The monoisotopic (exact) mass is 897 g/mol. The van der Waals surface area contributed by atoms with Crippen LogP contribution in [0.1, 0.15) is 73.6 Å². The summed E-state index contributed by atoms with van der Waals surface area (Å²) in [5.74, 6) is -2.07. The number of fused-ring (bicyclic) bond motifs is 4. The Balaban J connectivity index is 1.25. The van der Waals surface area contributed by atoms with Crippen LogP contribution in [0, 0.1) is 18.2 Å². The molecule has 5 heterocycles. The second kappa shape index (κ2) is 17.9. The summed E-state index contributed by atoms with van der Waals surface area (Å²) < 4.78 is 55.8. The second-order valence-electron chi connectivity index (χ2n) is 17.7. The maximum atomic E-state index is 17.5. The number of carbonyl (C=O) groups is 3. The standard InChI is InChI=1S/C43H50ClF2N7O8S/c1-42(2,3)60-40(56)50-38-35(47-7)32-26(11-12-29(45)36(32)62-38)31-28(44)19-27-34(33(31)46)48-39(59-22-25-13-16-51(25)15-8-17-58-18-14-30(54)55)49-37(27)52-20-23-9-10-24(21-52)53(23)41(57)61-43(4,5)6/h11-12,19,23-25H,8-10,13-18,20-22H2,1-6H3,(H,50,56)(H,54,55)/t23?,24?,25-/m0/s1. The summed E-state index contributed by atoms with van der Waals surface area (Å²) in [4.78, 5) is 56.0. The number of aliphatic carboxylic acids is 1. The van der Waals surface area contributed by atoms with Crippen molar-refractivity contribution in [2.45, 2.75) is 103 Å². The van der Waals surface area contributed by atoms with Crippen molar-refractivity contribution >= 4 is 78.6 Å². The summed E-state index contributed by atoms with van der Waals surface area (Å²) in [6, 6.07) is 3.62. The van der Waals surface area contributed by atoms with Crippen LogP contribution in [0.15, 0.2) is 18.2 Å². The molecule has 62 heavy (non-hydrogen) atoms. The van der Waals surface area contributed by atoms with Gasteiger partial charge in [-0.15, -0.1) is 11.3 Å². The van der Waals surface area contributed by atoms with Crippen LogP contribution in [0.3, 0.4) is 0 Å². The fourth-order valence-corrected chi connectivity index (χ4v) is 9.48. The van der Waals surface area contributed by atoms with Crippen LogP contribution in [0.25, 0.3) is 37.0 Å². The van der Waals surface area contributed by atoms with Gasteiger partial charge >= 0.3 is 24.2 Å². The van der Waals surface area contributed by atoms with Gasteiger partial charge in [0.05, 0.1) is 41.4 Å². The van der Waals surface area contributed by atoms with E-state index in [0.29, 0.717) is 43.9 Å². The molecule has 19 heteroatoms. The summed E-state index contributed by atoms with van der Waals surface area (Å²) in [5.41, 5.74) is -1.75. The zero-order chi connectivity index (χ0) is 44.7. The van der Waals surface area contributed by atoms with E-state index in [4.69, 9.17) is 47.2 Å². The molecular formula is C43H50ClF2N7O8S. The number of nitrogens with zero attached hydrogens (tertiary/aromatic N) is 6. The number of rotatable bonds is 13. The van der Waals surface area contributed by atoms with Crippen molar-refractivity contribution in [1.82, 2.24) is 19.8 Å². The summed E-state index contributed by atoms with van der Waals surface area (Å²) in [6.45, 7) is 21.7. The molecule has 15 nitrogen and oxygen atoms in total. The van der Waals surface area contributed by atoms with Crippen molar-refractivity contribution < 1.29 is 47.2 Å². The molecule has 3 fully saturated rings. The van der Waals surface area contributed by atoms with Crippen molar-refractivity contribution in [3.05, 3.63) is 46.3 Å². The fourth-order valence-electron chi connectivity index (χ4n) is 8.13. The lowest BCUT2D eigenvalue weighted by molar-refractivity contribution is -0.138. The van der Waals surface area contributed by atoms with Gasteiger partial charge in [0.2, 0.25) is 5.69 Å². The van der Waals surface area contributed by atoms with Gasteiger partial charge in [-0.1, -0.05) is 17.7 Å². The molecule has 3 aliphatic rings. The largest absolute Gasteiger partial charge is 0.481 e. The number of likely N-dealkylation sites (tertiary alicyclic amines) is 1. The highest BCUT2D eigenvalue weighted by molar-refractivity contribution is 7.24. The first-order chi connectivity index (χ1) is 29.3. The normalized spacial score (nSPS) is 19.1. The van der Waals surface area contributed by atoms with Crippen LogP contribution in [-0.4, -0.2) is 118 Å². The summed E-state index contributed by atoms with van der Waals surface area (Å²) in [6.07, 6.45) is 1.75. The number of amides is 2. The fraction of sp³-hybridized carbons (Fsp3) is 0.535. The zero-order valence-electron chi connectivity index (χ0n) is 35.5. The quantitative estimate of drug-likeness (QED) is 0.0969. The molecule has 0 radical (unpaired) electrons. The van der Waals surface area contributed by atoms with Crippen molar-refractivity contribution in [2.24, 2.45) is 0 Å². The topological polar surface area (TPSA) is 160 Å². The van der Waals surface area contributed by atoms with Gasteiger partial charge in [-0.25, -0.2) is 23.2 Å². The van der Waals surface area contributed by atoms with Crippen LogP contribution in [0.2, 0.25) is 5.02 Å². The van der Waals surface area contributed by atoms with Gasteiger partial charge in [0.15, 0.2) is 5.82 Å². The molecule has 332 valence electrons. The highest BCUT2D eigenvalue weighted by atomic mass is 35.5. The second-order valence-corrected chi connectivity index (χ2v) is 19.1. The van der Waals surface area contributed by atoms with E-state index in [1.165, 1.54) is 6.07 Å². The molecule has 4 aromatic rings. The highest BCUT2D eigenvalue weighted by Gasteiger charge is 2.45. The molecule has 0 aliphatic carbocycles. The number of carbonyl (C=O) groups excluding carboxylic acids is 2. The van der Waals surface area contributed by atoms with Crippen molar-refractivity contribution in [3.8, 4) is 17.1 Å². The summed E-state index contributed by atoms with van der Waals surface area (Å²) in [5, 5.41) is 11.8. The average Bonchev–Trinajstić information content (AvgIpc) is 3.66. The molecule has 7 rings (SSSR count). The summed E-state index contributed by atoms with van der Waals surface area (Å²) in [7, 11) is 0. The zero-order valence-corrected chi connectivity index (χ0v) is 37.1. The number of benzene rings is 2. The first-order valence-corrected chi connectivity index (χ1v) is 21.8. The first kappa shape index (κ1) is 44.9. The lowest BCUT2D eigenvalue weighted by atomic mass is 9.98. The number of carboxylic acids is 1. The molecule has 0 saturated carbocycles. The minimum Gasteiger partial charge on any atom is -0.481 e. The number of piperazine rings is 1. The van der Waals surface area contributed by atoms with E-state index in [1.807, 2.05) is 25.7 Å². The number of thiophene rings is 1. The molecule has 2 bridgehead atoms. The molecule has 3 aliphatic heterocycles. The van der Waals surface area contributed by atoms with E-state index < -0.39 is 34.9 Å². The lowest BCUT2D eigenvalue weighted by Gasteiger charge is -2.42. The number of carboxylic acid groups (broad SMARTS) is 1. The van der Waals surface area contributed by atoms with Gasteiger partial charge in [0, 0.05) is 55.2 Å². The molecular weight excluding hydrogens is 848 g/mol. The highest BCUT2D eigenvalue weighted by Crippen LogP contribution is 2.50. The number of nitrogens with one attached hydrogen (secondary N) is 1. The van der Waals surface area contributed by atoms with Crippen molar-refractivity contribution in [3.63, 3.8) is 0 Å². The SMILES string of the molecule is [C-]#[N+]c1c(NC(=O)OC(C)(C)C)sc2c(F)ccc(-c3c(Cl)cc4c(N5CC6CCC(C5)N6C(=O)OC(C)(C)C)nc(OC[C@@H]5CCN5CCCOCCC(=O)O)nc4c3F)c12. The number of halogens is 3. The van der Waals surface area contributed by atoms with Crippen molar-refractivity contribution in [1.29, 1.82) is 0 Å². The Kier molecular flexibility index (Phi) is 13.0. The maximum absolute atomic E-state index is 17.5. The van der Waals surface area contributed by atoms with E-state index in [0.717, 1.165) is 43.2 Å². The predicted molar refractivity (Wildman–Crippen MR) is 232 cm³/mol. The molecule has 2 aromatic heterocycles. The van der Waals surface area contributed by atoms with E-state index in [1.54, 1.807) is 31.7 Å². The van der Waals surface area contributed by atoms with E-state index in [2.05, 4.69) is 20.0 Å². The van der Waals surface area contributed by atoms with Gasteiger partial charge in [-0.3, -0.25) is 19.9 Å². The number of aromatic nitrogens is 2. The van der Waals surface area contributed by atoms with Crippen molar-refractivity contribution in [2.75, 3.05) is 56.2 Å². The van der Waals surface area contributed by atoms with Gasteiger partial charge < -0.3 is 29.0 Å². The van der Waals surface area contributed by atoms with E-state index in [9.17, 15) is 14.4 Å². The van der Waals surface area contributed by atoms with E-state index >= 15 is 8.78 Å². The third-order valence-corrected chi connectivity index (χ3v) is 12.3. The third-order valence-electron chi connectivity index (χ3n) is 10.9. The number of ether oxygens (including phenoxy) is 4. The molecule has 3 atom stereocenters. The molecule has 2 aromatic carbocycles. The summed E-state index contributed by atoms with van der Waals surface area (Å²) >= 11 is 7.83. The van der Waals surface area contributed by atoms with Crippen LogP contribution >= 0.6 is 22.9 Å². The molecule has 2 amide bonds. The third kappa shape index (κ3) is 9.75. The Bertz CT molecular complexity index is 2420. The molecule has 0 spiro atoms. The minimum atomic E-state index is -0.911. The van der Waals surface area contributed by atoms with Gasteiger partial charge in [0.25, 0.3) is 0 Å². The Morgan fingerprint density at radius 2 is 1.74 bits per heavy atom. The predicted octanol–water partition coefficient (Wildman–Crippen LogP) is 9.26. The molecule has 3 saturated heterocycles. The Labute approximate surface area is 367 Å². The maximum Gasteiger partial charge on any atom is 0.411 e. The molecule has 2 N–H and O–H groups in total. The Morgan fingerprint density at radius 1 is 1.03 bits per heavy atom. The van der Waals surface area contributed by atoms with Crippen LogP contribution < -0.4 is 15.0 Å². The van der Waals surface area contributed by atoms with Crippen LogP contribution in [0.4, 0.5) is 34.9 Å². The number of hydrogen-bond acceptors (Lipinski definition) is 12. The molecule has 2 unspecified atom stereocenters. The van der Waals surface area contributed by atoms with E-state index in [-0.39, 0.29) is 92.3 Å². The number of hydrogen-bond donors (Lipinski definition) is 2.